The number of rotatable bonds is 5. The molecule has 0 aliphatic carbocycles. The van der Waals surface area contributed by atoms with Gasteiger partial charge in [-0.25, -0.2) is 0 Å². The quantitative estimate of drug-likeness (QED) is 0.731. The number of hydrogen-bond acceptors (Lipinski definition) is 2. The molecule has 0 aromatic rings. The summed E-state index contributed by atoms with van der Waals surface area (Å²) in [6.45, 7) is 8.11. The summed E-state index contributed by atoms with van der Waals surface area (Å²) in [6, 6.07) is -0.271. The maximum absolute atomic E-state index is 11.1. The number of carboxylic acids is 1. The van der Waals surface area contributed by atoms with Crippen LogP contribution in [0.4, 0.5) is 0 Å². The Bertz CT molecular complexity index is 269. The van der Waals surface area contributed by atoms with E-state index in [1.165, 1.54) is 5.57 Å². The van der Waals surface area contributed by atoms with Crippen LogP contribution in [-0.4, -0.2) is 35.1 Å². The van der Waals surface area contributed by atoms with Gasteiger partial charge in [-0.05, 0) is 39.2 Å². The first-order valence-electron chi connectivity index (χ1n) is 6.16. The first-order valence-corrected chi connectivity index (χ1v) is 6.16. The highest BCUT2D eigenvalue weighted by Crippen LogP contribution is 2.25. The number of carbonyl (C=O) groups is 1. The number of nitrogens with zero attached hydrogens (tertiary/aromatic N) is 1. The van der Waals surface area contributed by atoms with Crippen molar-refractivity contribution < 1.29 is 9.90 Å². The summed E-state index contributed by atoms with van der Waals surface area (Å²) >= 11 is 0. The molecule has 0 amide bonds. The van der Waals surface area contributed by atoms with Crippen molar-refractivity contribution in [3.05, 3.63) is 11.6 Å². The lowest BCUT2D eigenvalue weighted by atomic mass is 10.0. The fraction of sp³-hybridized carbons (Fsp3) is 0.769. The molecule has 1 rings (SSSR count). The standard InChI is InChI=1S/C13H23NO2/c1-4-5-6-14-9-11(7-10(2)3)8-12(14)13(15)16/h7,11-12H,4-6,8-9H2,1-3H3,(H,15,16). The van der Waals surface area contributed by atoms with Gasteiger partial charge in [0.1, 0.15) is 6.04 Å². The molecule has 16 heavy (non-hydrogen) atoms. The van der Waals surface area contributed by atoms with Crippen LogP contribution >= 0.6 is 0 Å². The van der Waals surface area contributed by atoms with Crippen LogP contribution in [0.1, 0.15) is 40.0 Å². The minimum Gasteiger partial charge on any atom is -0.480 e. The Balaban J connectivity index is 2.60. The second kappa shape index (κ2) is 6.04. The van der Waals surface area contributed by atoms with Crippen molar-refractivity contribution in [2.75, 3.05) is 13.1 Å². The van der Waals surface area contributed by atoms with Crippen LogP contribution in [0.2, 0.25) is 0 Å². The molecule has 0 bridgehead atoms. The van der Waals surface area contributed by atoms with Crippen molar-refractivity contribution in [3.8, 4) is 0 Å². The molecule has 92 valence electrons. The van der Waals surface area contributed by atoms with Gasteiger partial charge in [0.05, 0.1) is 0 Å². The number of likely N-dealkylation sites (tertiary alicyclic amines) is 1. The minimum atomic E-state index is -0.666. The van der Waals surface area contributed by atoms with Crippen LogP contribution in [0, 0.1) is 5.92 Å². The molecule has 1 aliphatic rings. The summed E-state index contributed by atoms with van der Waals surface area (Å²) in [7, 11) is 0. The summed E-state index contributed by atoms with van der Waals surface area (Å²) in [5.41, 5.74) is 1.28. The Hall–Kier alpha value is -0.830. The Morgan fingerprint density at radius 1 is 1.50 bits per heavy atom. The lowest BCUT2D eigenvalue weighted by Gasteiger charge is -2.20. The van der Waals surface area contributed by atoms with Gasteiger partial charge < -0.3 is 5.11 Å². The number of unbranched alkanes of at least 4 members (excludes halogenated alkanes) is 1. The molecule has 0 radical (unpaired) electrons. The van der Waals surface area contributed by atoms with Crippen LogP contribution < -0.4 is 0 Å². The van der Waals surface area contributed by atoms with E-state index >= 15 is 0 Å². The lowest BCUT2D eigenvalue weighted by molar-refractivity contribution is -0.142. The molecule has 1 aliphatic heterocycles. The summed E-state index contributed by atoms with van der Waals surface area (Å²) in [5.74, 6) is -0.247. The number of carboxylic acid groups (broad SMARTS) is 1. The SMILES string of the molecule is CCCCN1CC(C=C(C)C)CC1C(=O)O. The third-order valence-corrected chi connectivity index (χ3v) is 3.09. The third-order valence-electron chi connectivity index (χ3n) is 3.09. The molecule has 0 spiro atoms. The Morgan fingerprint density at radius 2 is 2.19 bits per heavy atom. The first-order chi connectivity index (χ1) is 7.54. The number of aliphatic carboxylic acids is 1. The summed E-state index contributed by atoms with van der Waals surface area (Å²) in [5, 5.41) is 9.17. The monoisotopic (exact) mass is 225 g/mol. The second-order valence-corrected chi connectivity index (χ2v) is 4.94. The topological polar surface area (TPSA) is 40.5 Å². The van der Waals surface area contributed by atoms with Gasteiger partial charge in [-0.1, -0.05) is 25.0 Å². The molecule has 0 aromatic heterocycles. The van der Waals surface area contributed by atoms with Gasteiger partial charge in [-0.15, -0.1) is 0 Å². The molecule has 2 unspecified atom stereocenters. The average molecular weight is 225 g/mol. The Kier molecular flexibility index (Phi) is 5.00. The zero-order valence-electron chi connectivity index (χ0n) is 10.6. The Labute approximate surface area is 98.1 Å². The molecular weight excluding hydrogens is 202 g/mol. The highest BCUT2D eigenvalue weighted by atomic mass is 16.4. The third kappa shape index (κ3) is 3.63. The Morgan fingerprint density at radius 3 is 2.69 bits per heavy atom. The predicted molar refractivity (Wildman–Crippen MR) is 65.4 cm³/mol. The van der Waals surface area contributed by atoms with Crippen molar-refractivity contribution >= 4 is 5.97 Å². The van der Waals surface area contributed by atoms with E-state index < -0.39 is 5.97 Å². The fourth-order valence-electron chi connectivity index (χ4n) is 2.40. The van der Waals surface area contributed by atoms with Crippen molar-refractivity contribution in [1.82, 2.24) is 4.90 Å². The van der Waals surface area contributed by atoms with E-state index in [9.17, 15) is 9.90 Å². The van der Waals surface area contributed by atoms with Crippen LogP contribution in [0.15, 0.2) is 11.6 Å². The summed E-state index contributed by atoms with van der Waals surface area (Å²) < 4.78 is 0. The largest absolute Gasteiger partial charge is 0.480 e. The fourth-order valence-corrected chi connectivity index (χ4v) is 2.40. The van der Waals surface area contributed by atoms with E-state index in [2.05, 4.69) is 31.7 Å². The smallest absolute Gasteiger partial charge is 0.320 e. The molecule has 1 heterocycles. The van der Waals surface area contributed by atoms with Gasteiger partial charge in [-0.3, -0.25) is 9.69 Å². The zero-order valence-corrected chi connectivity index (χ0v) is 10.6. The highest BCUT2D eigenvalue weighted by molar-refractivity contribution is 5.74. The lowest BCUT2D eigenvalue weighted by Crippen LogP contribution is -2.36. The average Bonchev–Trinajstić information content (AvgIpc) is 2.57. The van der Waals surface area contributed by atoms with Crippen LogP contribution in [-0.2, 0) is 4.79 Å². The van der Waals surface area contributed by atoms with Gasteiger partial charge in [0.15, 0.2) is 0 Å². The van der Waals surface area contributed by atoms with E-state index in [-0.39, 0.29) is 6.04 Å². The first kappa shape index (κ1) is 13.2. The van der Waals surface area contributed by atoms with Gasteiger partial charge in [0.2, 0.25) is 0 Å². The van der Waals surface area contributed by atoms with E-state index in [1.54, 1.807) is 0 Å². The van der Waals surface area contributed by atoms with E-state index in [0.717, 1.165) is 32.4 Å². The number of allylic oxidation sites excluding steroid dienone is 1. The van der Waals surface area contributed by atoms with E-state index in [0.29, 0.717) is 5.92 Å². The predicted octanol–water partition coefficient (Wildman–Crippen LogP) is 2.53. The highest BCUT2D eigenvalue weighted by Gasteiger charge is 2.35. The van der Waals surface area contributed by atoms with Crippen LogP contribution in [0.25, 0.3) is 0 Å². The van der Waals surface area contributed by atoms with Crippen molar-refractivity contribution in [2.24, 2.45) is 5.92 Å². The van der Waals surface area contributed by atoms with Crippen molar-refractivity contribution in [1.29, 1.82) is 0 Å². The molecule has 3 heteroatoms. The minimum absolute atomic E-state index is 0.271. The maximum Gasteiger partial charge on any atom is 0.320 e. The van der Waals surface area contributed by atoms with Gasteiger partial charge in [-0.2, -0.15) is 0 Å². The van der Waals surface area contributed by atoms with E-state index in [4.69, 9.17) is 0 Å². The summed E-state index contributed by atoms with van der Waals surface area (Å²) in [6.07, 6.45) is 5.19. The molecule has 3 nitrogen and oxygen atoms in total. The summed E-state index contributed by atoms with van der Waals surface area (Å²) in [4.78, 5) is 13.3. The van der Waals surface area contributed by atoms with Gasteiger partial charge >= 0.3 is 5.97 Å². The molecule has 0 aromatic carbocycles. The van der Waals surface area contributed by atoms with Gasteiger partial charge in [0, 0.05) is 6.54 Å². The molecule has 0 saturated carbocycles. The zero-order chi connectivity index (χ0) is 12.1. The molecule has 1 fully saturated rings. The second-order valence-electron chi connectivity index (χ2n) is 4.94. The van der Waals surface area contributed by atoms with Crippen molar-refractivity contribution in [3.63, 3.8) is 0 Å². The molecular formula is C13H23NO2. The number of hydrogen-bond donors (Lipinski definition) is 1. The molecule has 1 N–H and O–H groups in total. The van der Waals surface area contributed by atoms with Crippen molar-refractivity contribution in [2.45, 2.75) is 46.1 Å². The van der Waals surface area contributed by atoms with E-state index in [1.807, 2.05) is 0 Å². The van der Waals surface area contributed by atoms with Crippen LogP contribution in [0.5, 0.6) is 0 Å². The van der Waals surface area contributed by atoms with Gasteiger partial charge in [0.25, 0.3) is 0 Å². The molecule has 1 saturated heterocycles. The normalized spacial score (nSPS) is 25.7. The van der Waals surface area contributed by atoms with Crippen LogP contribution in [0.3, 0.4) is 0 Å². The maximum atomic E-state index is 11.1. The molecule has 2 atom stereocenters.